The molecule has 5 heteroatoms. The minimum absolute atomic E-state index is 0.0996. The summed E-state index contributed by atoms with van der Waals surface area (Å²) in [5.41, 5.74) is 1.19. The smallest absolute Gasteiger partial charge is 0.370 e. The van der Waals surface area contributed by atoms with Gasteiger partial charge in [0.1, 0.15) is 6.61 Å². The molecule has 0 aromatic heterocycles. The Bertz CT molecular complexity index is 380. The lowest BCUT2D eigenvalue weighted by Crippen LogP contribution is -2.34. The highest BCUT2D eigenvalue weighted by molar-refractivity contribution is 5.14. The summed E-state index contributed by atoms with van der Waals surface area (Å²) in [6, 6.07) is 10.1. The fourth-order valence-corrected chi connectivity index (χ4v) is 2.42. The van der Waals surface area contributed by atoms with E-state index in [9.17, 15) is 13.2 Å². The van der Waals surface area contributed by atoms with E-state index in [1.807, 2.05) is 30.3 Å². The Labute approximate surface area is 111 Å². The number of nitrogens with zero attached hydrogens (tertiary/aromatic N) is 1. The highest BCUT2D eigenvalue weighted by Crippen LogP contribution is 2.21. The molecule has 1 aliphatic heterocycles. The van der Waals surface area contributed by atoms with Crippen LogP contribution in [0.5, 0.6) is 0 Å². The molecule has 0 amide bonds. The van der Waals surface area contributed by atoms with Gasteiger partial charge in [-0.3, -0.25) is 4.90 Å². The first-order valence-corrected chi connectivity index (χ1v) is 6.47. The summed E-state index contributed by atoms with van der Waals surface area (Å²) in [6.07, 6.45) is -2.31. The summed E-state index contributed by atoms with van der Waals surface area (Å²) in [7, 11) is 0. The Balaban J connectivity index is 1.80. The zero-order valence-corrected chi connectivity index (χ0v) is 10.7. The van der Waals surface area contributed by atoms with E-state index >= 15 is 0 Å². The van der Waals surface area contributed by atoms with Crippen LogP contribution in [0.25, 0.3) is 0 Å². The normalized spacial score (nSPS) is 20.9. The highest BCUT2D eigenvalue weighted by Gasteiger charge is 2.30. The number of ether oxygens (including phenoxy) is 1. The molecule has 0 aliphatic carbocycles. The van der Waals surface area contributed by atoms with Gasteiger partial charge in [0.25, 0.3) is 0 Å². The van der Waals surface area contributed by atoms with Crippen LogP contribution in [0.4, 0.5) is 13.2 Å². The number of likely N-dealkylation sites (tertiary alicyclic amines) is 1. The van der Waals surface area contributed by atoms with E-state index in [-0.39, 0.29) is 12.6 Å². The first kappa shape index (κ1) is 14.3. The third kappa shape index (κ3) is 4.84. The summed E-state index contributed by atoms with van der Waals surface area (Å²) in [4.78, 5) is 2.20. The van der Waals surface area contributed by atoms with Gasteiger partial charge in [0.05, 0.1) is 6.61 Å². The van der Waals surface area contributed by atoms with Crippen molar-refractivity contribution in [2.24, 2.45) is 0 Å². The van der Waals surface area contributed by atoms with Crippen LogP contribution in [0.15, 0.2) is 30.3 Å². The summed E-state index contributed by atoms with van der Waals surface area (Å²) in [5.74, 6) is 0. The molecule has 1 atom stereocenters. The van der Waals surface area contributed by atoms with Gasteiger partial charge < -0.3 is 4.74 Å². The molecular formula is C14H18F3NO. The largest absolute Gasteiger partial charge is 0.411 e. The van der Waals surface area contributed by atoms with Gasteiger partial charge in [0.15, 0.2) is 0 Å². The van der Waals surface area contributed by atoms with E-state index in [4.69, 9.17) is 4.74 Å². The summed E-state index contributed by atoms with van der Waals surface area (Å²) in [5, 5.41) is 0. The second-order valence-corrected chi connectivity index (χ2v) is 4.88. The molecule has 0 saturated carbocycles. The molecule has 0 bridgehead atoms. The lowest BCUT2D eigenvalue weighted by molar-refractivity contribution is -0.176. The molecular weight excluding hydrogens is 255 g/mol. The van der Waals surface area contributed by atoms with Gasteiger partial charge in [-0.05, 0) is 24.9 Å². The molecule has 1 aromatic rings. The number of benzene rings is 1. The topological polar surface area (TPSA) is 12.5 Å². The quantitative estimate of drug-likeness (QED) is 0.816. The second kappa shape index (κ2) is 6.39. The van der Waals surface area contributed by atoms with Crippen LogP contribution in [-0.4, -0.2) is 36.9 Å². The second-order valence-electron chi connectivity index (χ2n) is 4.88. The zero-order chi connectivity index (χ0) is 13.7. The molecule has 1 fully saturated rings. The van der Waals surface area contributed by atoms with Crippen molar-refractivity contribution in [2.75, 3.05) is 19.8 Å². The maximum Gasteiger partial charge on any atom is 0.411 e. The molecule has 0 radical (unpaired) electrons. The molecule has 1 heterocycles. The lowest BCUT2D eigenvalue weighted by Gasteiger charge is -2.24. The average molecular weight is 273 g/mol. The van der Waals surface area contributed by atoms with Crippen LogP contribution >= 0.6 is 0 Å². The molecule has 0 spiro atoms. The van der Waals surface area contributed by atoms with Crippen molar-refractivity contribution in [2.45, 2.75) is 31.6 Å². The first-order chi connectivity index (χ1) is 9.04. The zero-order valence-electron chi connectivity index (χ0n) is 10.7. The summed E-state index contributed by atoms with van der Waals surface area (Å²) >= 11 is 0. The summed E-state index contributed by atoms with van der Waals surface area (Å²) in [6.45, 7) is 0.713. The molecule has 1 aromatic carbocycles. The maximum atomic E-state index is 12.0. The standard InChI is InChI=1S/C14H18F3NO/c15-14(16,17)11-19-10-13-7-4-8-18(13)9-12-5-2-1-3-6-12/h1-3,5-6,13H,4,7-11H2. The lowest BCUT2D eigenvalue weighted by atomic mass is 10.2. The van der Waals surface area contributed by atoms with Crippen LogP contribution in [0, 0.1) is 0 Å². The fraction of sp³-hybridized carbons (Fsp3) is 0.571. The number of halogens is 3. The average Bonchev–Trinajstić information content (AvgIpc) is 2.76. The molecule has 1 aliphatic rings. The van der Waals surface area contributed by atoms with E-state index in [1.54, 1.807) is 0 Å². The van der Waals surface area contributed by atoms with Crippen molar-refractivity contribution in [3.05, 3.63) is 35.9 Å². The van der Waals surface area contributed by atoms with Gasteiger partial charge in [-0.1, -0.05) is 30.3 Å². The van der Waals surface area contributed by atoms with Crippen LogP contribution in [0.3, 0.4) is 0 Å². The van der Waals surface area contributed by atoms with Crippen molar-refractivity contribution >= 4 is 0 Å². The van der Waals surface area contributed by atoms with Crippen molar-refractivity contribution in [3.8, 4) is 0 Å². The molecule has 1 saturated heterocycles. The Morgan fingerprint density at radius 1 is 1.21 bits per heavy atom. The van der Waals surface area contributed by atoms with Crippen molar-refractivity contribution < 1.29 is 17.9 Å². The van der Waals surface area contributed by atoms with E-state index in [0.717, 1.165) is 25.9 Å². The van der Waals surface area contributed by atoms with E-state index in [0.29, 0.717) is 0 Å². The molecule has 1 unspecified atom stereocenters. The third-order valence-corrected chi connectivity index (χ3v) is 3.30. The number of hydrogen-bond donors (Lipinski definition) is 0. The minimum atomic E-state index is -4.23. The van der Waals surface area contributed by atoms with Crippen molar-refractivity contribution in [3.63, 3.8) is 0 Å². The van der Waals surface area contributed by atoms with Crippen LogP contribution < -0.4 is 0 Å². The predicted octanol–water partition coefficient (Wildman–Crippen LogP) is 3.23. The van der Waals surface area contributed by atoms with E-state index in [1.165, 1.54) is 5.56 Å². The van der Waals surface area contributed by atoms with Gasteiger partial charge in [0.2, 0.25) is 0 Å². The summed E-state index contributed by atoms with van der Waals surface area (Å²) < 4.78 is 40.9. The third-order valence-electron chi connectivity index (χ3n) is 3.30. The van der Waals surface area contributed by atoms with Crippen LogP contribution in [0.1, 0.15) is 18.4 Å². The van der Waals surface area contributed by atoms with Crippen LogP contribution in [-0.2, 0) is 11.3 Å². The van der Waals surface area contributed by atoms with Gasteiger partial charge in [-0.25, -0.2) is 0 Å². The molecule has 106 valence electrons. The Kier molecular flexibility index (Phi) is 4.82. The van der Waals surface area contributed by atoms with Crippen molar-refractivity contribution in [1.82, 2.24) is 4.90 Å². The molecule has 2 nitrogen and oxygen atoms in total. The van der Waals surface area contributed by atoms with Crippen molar-refractivity contribution in [1.29, 1.82) is 0 Å². The minimum Gasteiger partial charge on any atom is -0.370 e. The highest BCUT2D eigenvalue weighted by atomic mass is 19.4. The van der Waals surface area contributed by atoms with Gasteiger partial charge in [-0.2, -0.15) is 13.2 Å². The molecule has 0 N–H and O–H groups in total. The maximum absolute atomic E-state index is 12.0. The van der Waals surface area contributed by atoms with Crippen LogP contribution in [0.2, 0.25) is 0 Å². The van der Waals surface area contributed by atoms with Gasteiger partial charge >= 0.3 is 6.18 Å². The molecule has 2 rings (SSSR count). The van der Waals surface area contributed by atoms with Gasteiger partial charge in [0, 0.05) is 12.6 Å². The SMILES string of the molecule is FC(F)(F)COCC1CCCN1Cc1ccccc1. The predicted molar refractivity (Wildman–Crippen MR) is 66.7 cm³/mol. The van der Waals surface area contributed by atoms with E-state index < -0.39 is 12.8 Å². The number of alkyl halides is 3. The fourth-order valence-electron chi connectivity index (χ4n) is 2.42. The Morgan fingerprint density at radius 2 is 1.95 bits per heavy atom. The Hall–Kier alpha value is -1.07. The monoisotopic (exact) mass is 273 g/mol. The molecule has 19 heavy (non-hydrogen) atoms. The van der Waals surface area contributed by atoms with Gasteiger partial charge in [-0.15, -0.1) is 0 Å². The van der Waals surface area contributed by atoms with E-state index in [2.05, 4.69) is 4.90 Å². The Morgan fingerprint density at radius 3 is 2.63 bits per heavy atom. The first-order valence-electron chi connectivity index (χ1n) is 6.47. The number of rotatable bonds is 5. The number of hydrogen-bond acceptors (Lipinski definition) is 2.